The number of hydrogen-bond acceptors (Lipinski definition) is 4. The maximum Gasteiger partial charge on any atom is 0.119 e. The van der Waals surface area contributed by atoms with Crippen molar-refractivity contribution < 1.29 is 4.74 Å². The molecule has 2 nitrogen and oxygen atoms in total. The van der Waals surface area contributed by atoms with Gasteiger partial charge in [0.2, 0.25) is 0 Å². The van der Waals surface area contributed by atoms with Gasteiger partial charge < -0.3 is 10.5 Å². The molecule has 0 amide bonds. The molecule has 0 saturated heterocycles. The van der Waals surface area contributed by atoms with E-state index in [1.165, 1.54) is 14.6 Å². The normalized spacial score (nSPS) is 12.4. The number of thioether (sulfide) groups is 1. The van der Waals surface area contributed by atoms with Gasteiger partial charge in [0.1, 0.15) is 5.75 Å². The van der Waals surface area contributed by atoms with E-state index in [1.54, 1.807) is 18.9 Å². The maximum atomic E-state index is 5.89. The predicted molar refractivity (Wildman–Crippen MR) is 79.7 cm³/mol. The lowest BCUT2D eigenvalue weighted by Crippen LogP contribution is -2.07. The van der Waals surface area contributed by atoms with Crippen molar-refractivity contribution in [2.24, 2.45) is 5.73 Å². The number of methoxy groups -OCH3 is 1. The standard InChI is InChI=1S/C14H17NOS2/c1-10-6-7-13(17-10)14(9-15)18-12-5-3-4-11(8-12)16-2/h3-8,14H,9,15H2,1-2H3. The maximum absolute atomic E-state index is 5.89. The minimum Gasteiger partial charge on any atom is -0.497 e. The van der Waals surface area contributed by atoms with Gasteiger partial charge in [-0.3, -0.25) is 0 Å². The van der Waals surface area contributed by atoms with Gasteiger partial charge in [-0.05, 0) is 37.3 Å². The van der Waals surface area contributed by atoms with Crippen molar-refractivity contribution >= 4 is 23.1 Å². The van der Waals surface area contributed by atoms with E-state index in [1.807, 2.05) is 29.5 Å². The Bertz CT molecular complexity index is 510. The summed E-state index contributed by atoms with van der Waals surface area (Å²) < 4.78 is 5.24. The third-order valence-corrected chi connectivity index (χ3v) is 5.13. The van der Waals surface area contributed by atoms with Gasteiger partial charge in [-0.15, -0.1) is 23.1 Å². The van der Waals surface area contributed by atoms with Crippen LogP contribution in [-0.2, 0) is 0 Å². The Morgan fingerprint density at radius 3 is 2.78 bits per heavy atom. The summed E-state index contributed by atoms with van der Waals surface area (Å²) in [5, 5.41) is 0.316. The predicted octanol–water partition coefficient (Wildman–Crippen LogP) is 3.86. The summed E-state index contributed by atoms with van der Waals surface area (Å²) in [6.45, 7) is 2.76. The van der Waals surface area contributed by atoms with E-state index in [0.717, 1.165) is 5.75 Å². The molecule has 0 aliphatic heterocycles. The number of nitrogens with two attached hydrogens (primary N) is 1. The van der Waals surface area contributed by atoms with Gasteiger partial charge in [-0.1, -0.05) is 6.07 Å². The van der Waals surface area contributed by atoms with Gasteiger partial charge in [0.15, 0.2) is 0 Å². The number of aryl methyl sites for hydroxylation is 1. The second-order valence-electron chi connectivity index (χ2n) is 3.97. The zero-order valence-electron chi connectivity index (χ0n) is 10.6. The van der Waals surface area contributed by atoms with Crippen molar-refractivity contribution in [3.8, 4) is 5.75 Å². The molecule has 0 spiro atoms. The molecule has 2 aromatic rings. The summed E-state index contributed by atoms with van der Waals surface area (Å²) in [5.74, 6) is 0.887. The second-order valence-corrected chi connectivity index (χ2v) is 6.57. The molecule has 2 N–H and O–H groups in total. The Kier molecular flexibility index (Phi) is 4.69. The first-order valence-electron chi connectivity index (χ1n) is 5.80. The Morgan fingerprint density at radius 2 is 2.17 bits per heavy atom. The molecule has 1 unspecified atom stereocenters. The fourth-order valence-electron chi connectivity index (χ4n) is 1.69. The molecule has 1 heterocycles. The minimum atomic E-state index is 0.316. The van der Waals surface area contributed by atoms with Crippen molar-refractivity contribution in [1.82, 2.24) is 0 Å². The van der Waals surface area contributed by atoms with Crippen LogP contribution in [0.4, 0.5) is 0 Å². The van der Waals surface area contributed by atoms with Crippen LogP contribution in [0.25, 0.3) is 0 Å². The van der Waals surface area contributed by atoms with Crippen molar-refractivity contribution in [3.63, 3.8) is 0 Å². The van der Waals surface area contributed by atoms with Crippen LogP contribution in [-0.4, -0.2) is 13.7 Å². The van der Waals surface area contributed by atoms with Gasteiger partial charge >= 0.3 is 0 Å². The molecule has 4 heteroatoms. The van der Waals surface area contributed by atoms with Crippen molar-refractivity contribution in [2.45, 2.75) is 17.1 Å². The van der Waals surface area contributed by atoms with Crippen molar-refractivity contribution in [3.05, 3.63) is 46.2 Å². The third kappa shape index (κ3) is 3.28. The highest BCUT2D eigenvalue weighted by Gasteiger charge is 2.13. The van der Waals surface area contributed by atoms with Crippen LogP contribution in [0, 0.1) is 6.92 Å². The van der Waals surface area contributed by atoms with Crippen LogP contribution in [0.15, 0.2) is 41.3 Å². The average Bonchev–Trinajstić information content (AvgIpc) is 2.82. The molecule has 0 bridgehead atoms. The summed E-state index contributed by atoms with van der Waals surface area (Å²) in [5.41, 5.74) is 5.89. The number of ether oxygens (including phenoxy) is 1. The van der Waals surface area contributed by atoms with Crippen LogP contribution < -0.4 is 10.5 Å². The number of benzene rings is 1. The fraction of sp³-hybridized carbons (Fsp3) is 0.286. The molecular weight excluding hydrogens is 262 g/mol. The molecule has 0 aliphatic carbocycles. The molecule has 1 aromatic carbocycles. The first-order chi connectivity index (χ1) is 8.72. The Balaban J connectivity index is 2.14. The highest BCUT2D eigenvalue weighted by Crippen LogP contribution is 2.38. The lowest BCUT2D eigenvalue weighted by molar-refractivity contribution is 0.413. The van der Waals surface area contributed by atoms with Crippen LogP contribution in [0.2, 0.25) is 0 Å². The van der Waals surface area contributed by atoms with Crippen LogP contribution in [0.5, 0.6) is 5.75 Å². The van der Waals surface area contributed by atoms with E-state index in [0.29, 0.717) is 11.8 Å². The molecule has 1 atom stereocenters. The lowest BCUT2D eigenvalue weighted by Gasteiger charge is -2.13. The number of hydrogen-bond donors (Lipinski definition) is 1. The Labute approximate surface area is 116 Å². The van der Waals surface area contributed by atoms with Crippen LogP contribution >= 0.6 is 23.1 Å². The van der Waals surface area contributed by atoms with E-state index >= 15 is 0 Å². The zero-order chi connectivity index (χ0) is 13.0. The van der Waals surface area contributed by atoms with Gasteiger partial charge in [0.25, 0.3) is 0 Å². The SMILES string of the molecule is COc1cccc(SC(CN)c2ccc(C)s2)c1. The fourth-order valence-corrected chi connectivity index (χ4v) is 3.81. The van der Waals surface area contributed by atoms with Gasteiger partial charge in [-0.25, -0.2) is 0 Å². The molecule has 18 heavy (non-hydrogen) atoms. The monoisotopic (exact) mass is 279 g/mol. The highest BCUT2D eigenvalue weighted by molar-refractivity contribution is 7.99. The van der Waals surface area contributed by atoms with Crippen LogP contribution in [0.1, 0.15) is 15.0 Å². The molecule has 96 valence electrons. The van der Waals surface area contributed by atoms with Gasteiger partial charge in [0.05, 0.1) is 12.4 Å². The first-order valence-corrected chi connectivity index (χ1v) is 7.49. The summed E-state index contributed by atoms with van der Waals surface area (Å²) in [6.07, 6.45) is 0. The highest BCUT2D eigenvalue weighted by atomic mass is 32.2. The van der Waals surface area contributed by atoms with E-state index in [2.05, 4.69) is 25.1 Å². The average molecular weight is 279 g/mol. The number of rotatable bonds is 5. The summed E-state index contributed by atoms with van der Waals surface area (Å²) in [4.78, 5) is 3.85. The van der Waals surface area contributed by atoms with E-state index in [9.17, 15) is 0 Å². The molecule has 0 saturated carbocycles. The van der Waals surface area contributed by atoms with E-state index < -0.39 is 0 Å². The molecule has 0 radical (unpaired) electrons. The van der Waals surface area contributed by atoms with Crippen molar-refractivity contribution in [2.75, 3.05) is 13.7 Å². The quantitative estimate of drug-likeness (QED) is 0.844. The summed E-state index contributed by atoms with van der Waals surface area (Å²) >= 11 is 3.61. The largest absolute Gasteiger partial charge is 0.497 e. The molecule has 2 rings (SSSR count). The topological polar surface area (TPSA) is 35.2 Å². The lowest BCUT2D eigenvalue weighted by atomic mass is 10.3. The smallest absolute Gasteiger partial charge is 0.119 e. The summed E-state index contributed by atoms with van der Waals surface area (Å²) in [7, 11) is 1.69. The van der Waals surface area contributed by atoms with Crippen LogP contribution in [0.3, 0.4) is 0 Å². The molecule has 0 aliphatic rings. The summed E-state index contributed by atoms with van der Waals surface area (Å²) in [6, 6.07) is 12.4. The third-order valence-electron chi connectivity index (χ3n) is 2.61. The molecule has 1 aromatic heterocycles. The zero-order valence-corrected chi connectivity index (χ0v) is 12.2. The molecule has 0 fully saturated rings. The number of thiophene rings is 1. The Hall–Kier alpha value is -0.970. The Morgan fingerprint density at radius 1 is 1.33 bits per heavy atom. The first kappa shape index (κ1) is 13.5. The minimum absolute atomic E-state index is 0.316. The van der Waals surface area contributed by atoms with E-state index in [4.69, 9.17) is 10.5 Å². The molecular formula is C14H17NOS2. The van der Waals surface area contributed by atoms with Gasteiger partial charge in [0, 0.05) is 21.2 Å². The van der Waals surface area contributed by atoms with E-state index in [-0.39, 0.29) is 0 Å². The second kappa shape index (κ2) is 6.27. The van der Waals surface area contributed by atoms with Crippen molar-refractivity contribution in [1.29, 1.82) is 0 Å². The van der Waals surface area contributed by atoms with Gasteiger partial charge in [-0.2, -0.15) is 0 Å².